The minimum absolute atomic E-state index is 0.600. The Hall–Kier alpha value is -1.93. The molecule has 2 aromatic heterocycles. The molecule has 0 amide bonds. The molecule has 0 aromatic carbocycles. The lowest BCUT2D eigenvalue weighted by atomic mass is 10.1. The smallest absolute Gasteiger partial charge is 0.188 e. The van der Waals surface area contributed by atoms with Gasteiger partial charge >= 0.3 is 0 Å². The number of hydrogen-bond donors (Lipinski definition) is 1. The fourth-order valence-electron chi connectivity index (χ4n) is 2.17. The first-order valence-electron chi connectivity index (χ1n) is 5.88. The van der Waals surface area contributed by atoms with Crippen LogP contribution in [0.15, 0.2) is 11.4 Å². The van der Waals surface area contributed by atoms with Gasteiger partial charge in [0, 0.05) is 11.1 Å². The molecule has 1 aliphatic rings. The van der Waals surface area contributed by atoms with E-state index in [2.05, 4.69) is 21.4 Å². The maximum Gasteiger partial charge on any atom is 0.188 e. The monoisotopic (exact) mass is 256 g/mol. The van der Waals surface area contributed by atoms with Gasteiger partial charge in [-0.15, -0.1) is 11.3 Å². The minimum atomic E-state index is 0.600. The molecule has 5 heteroatoms. The van der Waals surface area contributed by atoms with E-state index >= 15 is 0 Å². The van der Waals surface area contributed by atoms with Gasteiger partial charge in [-0.25, -0.2) is 9.97 Å². The summed E-state index contributed by atoms with van der Waals surface area (Å²) < 4.78 is 0. The number of anilines is 2. The first-order chi connectivity index (χ1) is 8.76. The van der Waals surface area contributed by atoms with Crippen molar-refractivity contribution in [3.63, 3.8) is 0 Å². The van der Waals surface area contributed by atoms with Gasteiger partial charge in [0.25, 0.3) is 0 Å². The molecule has 0 unspecified atom stereocenters. The number of rotatable bonds is 2. The highest BCUT2D eigenvalue weighted by atomic mass is 32.1. The van der Waals surface area contributed by atoms with Gasteiger partial charge in [-0.05, 0) is 37.8 Å². The van der Waals surface area contributed by atoms with Crippen LogP contribution in [-0.4, -0.2) is 9.97 Å². The van der Waals surface area contributed by atoms with Gasteiger partial charge in [0.1, 0.15) is 11.9 Å². The summed E-state index contributed by atoms with van der Waals surface area (Å²) in [6.45, 7) is 1.95. The number of nitrogens with zero attached hydrogens (tertiary/aromatic N) is 3. The molecule has 0 aliphatic heterocycles. The quantitative estimate of drug-likeness (QED) is 0.897. The van der Waals surface area contributed by atoms with Gasteiger partial charge in [0.2, 0.25) is 0 Å². The van der Waals surface area contributed by atoms with Crippen molar-refractivity contribution >= 4 is 22.3 Å². The Kier molecular flexibility index (Phi) is 2.73. The Morgan fingerprint density at radius 1 is 1.39 bits per heavy atom. The average Bonchev–Trinajstić information content (AvgIpc) is 2.97. The molecule has 90 valence electrons. The SMILES string of the molecule is Cc1csc(Nc2nc3c(cc2C#N)CCC3)n1. The summed E-state index contributed by atoms with van der Waals surface area (Å²) in [5.41, 5.74) is 3.91. The van der Waals surface area contributed by atoms with Crippen molar-refractivity contribution < 1.29 is 0 Å². The molecular formula is C13H12N4S. The standard InChI is InChI=1S/C13H12N4S/c1-8-7-18-13(15-8)17-12-10(6-14)5-9-3-2-4-11(9)16-12/h5,7H,2-4H2,1H3,(H,15,16,17). The van der Waals surface area contributed by atoms with E-state index in [9.17, 15) is 5.26 Å². The summed E-state index contributed by atoms with van der Waals surface area (Å²) in [4.78, 5) is 8.89. The second kappa shape index (κ2) is 4.39. The number of aryl methyl sites for hydroxylation is 3. The first kappa shape index (κ1) is 11.2. The number of aromatic nitrogens is 2. The van der Waals surface area contributed by atoms with E-state index in [1.54, 1.807) is 0 Å². The summed E-state index contributed by atoms with van der Waals surface area (Å²) in [5, 5.41) is 15.1. The zero-order chi connectivity index (χ0) is 12.5. The topological polar surface area (TPSA) is 61.6 Å². The fourth-order valence-corrected chi connectivity index (χ4v) is 2.85. The molecular weight excluding hydrogens is 244 g/mol. The largest absolute Gasteiger partial charge is 0.315 e. The van der Waals surface area contributed by atoms with Gasteiger partial charge in [0.15, 0.2) is 5.13 Å². The molecule has 0 radical (unpaired) electrons. The number of hydrogen-bond acceptors (Lipinski definition) is 5. The maximum atomic E-state index is 9.19. The third kappa shape index (κ3) is 1.95. The van der Waals surface area contributed by atoms with Crippen LogP contribution in [0.2, 0.25) is 0 Å². The zero-order valence-electron chi connectivity index (χ0n) is 10.0. The Bertz CT molecular complexity index is 639. The van der Waals surface area contributed by atoms with Crippen molar-refractivity contribution in [1.29, 1.82) is 5.26 Å². The van der Waals surface area contributed by atoms with Crippen LogP contribution in [0.4, 0.5) is 10.9 Å². The van der Waals surface area contributed by atoms with Crippen molar-refractivity contribution in [3.8, 4) is 6.07 Å². The lowest BCUT2D eigenvalue weighted by Gasteiger charge is -2.07. The molecule has 1 aliphatic carbocycles. The summed E-state index contributed by atoms with van der Waals surface area (Å²) in [6, 6.07) is 4.16. The Morgan fingerprint density at radius 2 is 2.28 bits per heavy atom. The van der Waals surface area contributed by atoms with Crippen molar-refractivity contribution in [1.82, 2.24) is 9.97 Å². The number of pyridine rings is 1. The van der Waals surface area contributed by atoms with Crippen molar-refractivity contribution in [2.45, 2.75) is 26.2 Å². The van der Waals surface area contributed by atoms with Crippen LogP contribution in [0.5, 0.6) is 0 Å². The predicted molar refractivity (Wildman–Crippen MR) is 71.1 cm³/mol. The lowest BCUT2D eigenvalue weighted by Crippen LogP contribution is -2.00. The number of thiazole rings is 1. The summed E-state index contributed by atoms with van der Waals surface area (Å²) in [6.07, 6.45) is 3.17. The highest BCUT2D eigenvalue weighted by Gasteiger charge is 2.16. The van der Waals surface area contributed by atoms with Crippen LogP contribution in [0, 0.1) is 18.3 Å². The summed E-state index contributed by atoms with van der Waals surface area (Å²) >= 11 is 1.53. The molecule has 2 heterocycles. The molecule has 4 nitrogen and oxygen atoms in total. The van der Waals surface area contributed by atoms with Crippen LogP contribution in [0.3, 0.4) is 0 Å². The van der Waals surface area contributed by atoms with Crippen molar-refractivity contribution in [3.05, 3.63) is 34.0 Å². The van der Waals surface area contributed by atoms with E-state index in [4.69, 9.17) is 0 Å². The van der Waals surface area contributed by atoms with E-state index in [0.717, 1.165) is 35.8 Å². The minimum Gasteiger partial charge on any atom is -0.315 e. The van der Waals surface area contributed by atoms with Crippen LogP contribution in [-0.2, 0) is 12.8 Å². The Labute approximate surface area is 109 Å². The third-order valence-corrected chi connectivity index (χ3v) is 3.89. The molecule has 1 N–H and O–H groups in total. The normalized spacial score (nSPS) is 13.1. The highest BCUT2D eigenvalue weighted by molar-refractivity contribution is 7.13. The molecule has 0 saturated heterocycles. The zero-order valence-corrected chi connectivity index (χ0v) is 10.8. The molecule has 0 saturated carbocycles. The van der Waals surface area contributed by atoms with Gasteiger partial charge in [-0.1, -0.05) is 0 Å². The second-order valence-corrected chi connectivity index (χ2v) is 5.23. The third-order valence-electron chi connectivity index (χ3n) is 3.02. The maximum absolute atomic E-state index is 9.19. The van der Waals surface area contributed by atoms with E-state index < -0.39 is 0 Å². The van der Waals surface area contributed by atoms with Crippen LogP contribution < -0.4 is 5.32 Å². The van der Waals surface area contributed by atoms with Gasteiger partial charge in [-0.3, -0.25) is 0 Å². The van der Waals surface area contributed by atoms with Crippen molar-refractivity contribution in [2.75, 3.05) is 5.32 Å². The van der Waals surface area contributed by atoms with Crippen LogP contribution >= 0.6 is 11.3 Å². The molecule has 0 atom stereocenters. The predicted octanol–water partition coefficient (Wildman–Crippen LogP) is 2.95. The molecule has 18 heavy (non-hydrogen) atoms. The molecule has 0 spiro atoms. The van der Waals surface area contributed by atoms with E-state index in [1.807, 2.05) is 18.4 Å². The Morgan fingerprint density at radius 3 is 3.00 bits per heavy atom. The number of nitrogens with one attached hydrogen (secondary N) is 1. The van der Waals surface area contributed by atoms with E-state index in [-0.39, 0.29) is 0 Å². The van der Waals surface area contributed by atoms with Crippen molar-refractivity contribution in [2.24, 2.45) is 0 Å². The van der Waals surface area contributed by atoms with Crippen LogP contribution in [0.25, 0.3) is 0 Å². The average molecular weight is 256 g/mol. The van der Waals surface area contributed by atoms with Crippen LogP contribution in [0.1, 0.15) is 28.9 Å². The fraction of sp³-hybridized carbons (Fsp3) is 0.308. The van der Waals surface area contributed by atoms with E-state index in [1.165, 1.54) is 16.9 Å². The molecule has 0 fully saturated rings. The first-order valence-corrected chi connectivity index (χ1v) is 6.76. The highest BCUT2D eigenvalue weighted by Crippen LogP contribution is 2.27. The summed E-state index contributed by atoms with van der Waals surface area (Å²) in [5.74, 6) is 0.632. The molecule has 2 aromatic rings. The molecule has 3 rings (SSSR count). The molecule has 0 bridgehead atoms. The number of fused-ring (bicyclic) bond motifs is 1. The second-order valence-electron chi connectivity index (χ2n) is 4.37. The van der Waals surface area contributed by atoms with Gasteiger partial charge < -0.3 is 5.32 Å². The number of nitriles is 1. The van der Waals surface area contributed by atoms with Gasteiger partial charge in [0.05, 0.1) is 11.3 Å². The summed E-state index contributed by atoms with van der Waals surface area (Å²) in [7, 11) is 0. The Balaban J connectivity index is 1.98. The van der Waals surface area contributed by atoms with Gasteiger partial charge in [-0.2, -0.15) is 5.26 Å². The van der Waals surface area contributed by atoms with E-state index in [0.29, 0.717) is 11.4 Å². The lowest BCUT2D eigenvalue weighted by molar-refractivity contribution is 0.900.